The molecule has 0 aromatic heterocycles. The number of aliphatic hydroxyl groups excluding tert-OH is 1. The van der Waals surface area contributed by atoms with Crippen LogP contribution in [0.25, 0.3) is 0 Å². The van der Waals surface area contributed by atoms with Gasteiger partial charge < -0.3 is 43.4 Å². The zero-order valence-electron chi connectivity index (χ0n) is 18.1. The summed E-state index contributed by atoms with van der Waals surface area (Å²) in [5.41, 5.74) is 16.4. The number of aliphatic imine (C=N–C) groups is 1. The lowest BCUT2D eigenvalue weighted by atomic mass is 10.0. The van der Waals surface area contributed by atoms with Gasteiger partial charge in [-0.1, -0.05) is 13.8 Å². The molecule has 0 aliphatic carbocycles. The van der Waals surface area contributed by atoms with Crippen molar-refractivity contribution >= 4 is 29.7 Å². The molecule has 0 bridgehead atoms. The number of carbonyl (C=O) groups is 4. The van der Waals surface area contributed by atoms with Crippen molar-refractivity contribution in [1.82, 2.24) is 16.0 Å². The van der Waals surface area contributed by atoms with Gasteiger partial charge in [0.25, 0.3) is 0 Å². The smallest absolute Gasteiger partial charge is 0.325 e. The highest BCUT2D eigenvalue weighted by atomic mass is 16.4. The third kappa shape index (κ3) is 11.7. The van der Waals surface area contributed by atoms with Crippen molar-refractivity contribution in [2.24, 2.45) is 28.1 Å². The van der Waals surface area contributed by atoms with E-state index in [9.17, 15) is 24.3 Å². The third-order valence-electron chi connectivity index (χ3n) is 4.19. The molecular weight excluding hydrogens is 410 g/mol. The molecule has 0 rings (SSSR count). The predicted molar refractivity (Wildman–Crippen MR) is 114 cm³/mol. The largest absolute Gasteiger partial charge is 0.480 e. The van der Waals surface area contributed by atoms with E-state index >= 15 is 0 Å². The molecular formula is C18H35N7O6. The number of hydrogen-bond donors (Lipinski definition) is 8. The normalized spacial score (nSPS) is 14.6. The summed E-state index contributed by atoms with van der Waals surface area (Å²) in [7, 11) is 0. The molecule has 0 heterocycles. The molecule has 0 radical (unpaired) electrons. The van der Waals surface area contributed by atoms with E-state index in [1.165, 1.54) is 6.92 Å². The second kappa shape index (κ2) is 14.1. The minimum Gasteiger partial charge on any atom is -0.480 e. The van der Waals surface area contributed by atoms with E-state index in [1.807, 2.05) is 13.8 Å². The second-order valence-corrected chi connectivity index (χ2v) is 7.56. The lowest BCUT2D eigenvalue weighted by Crippen LogP contribution is -2.57. The zero-order valence-corrected chi connectivity index (χ0v) is 18.1. The fraction of sp³-hybridized carbons (Fsp3) is 0.722. The first-order valence-corrected chi connectivity index (χ1v) is 9.94. The van der Waals surface area contributed by atoms with Crippen molar-refractivity contribution in [2.75, 3.05) is 13.2 Å². The number of nitrogens with one attached hydrogen (secondary N) is 3. The van der Waals surface area contributed by atoms with Gasteiger partial charge in [0.1, 0.15) is 18.1 Å². The van der Waals surface area contributed by atoms with Gasteiger partial charge in [0.2, 0.25) is 17.7 Å². The Hall–Kier alpha value is -2.93. The van der Waals surface area contributed by atoms with Crippen LogP contribution < -0.4 is 33.2 Å². The standard InChI is InChI=1S/C18H35N7O6/c1-9(2)7-11(19)14(27)24-12(5-4-6-22-18(20)21)15(28)25-13(8-26)16(29)23-10(3)17(30)31/h9-13,26H,4-8,19H2,1-3H3,(H,23,29)(H,24,27)(H,25,28)(H,30,31)(H4,20,21,22). The molecule has 31 heavy (non-hydrogen) atoms. The number of rotatable bonds is 14. The van der Waals surface area contributed by atoms with Gasteiger partial charge >= 0.3 is 5.97 Å². The fourth-order valence-corrected chi connectivity index (χ4v) is 2.51. The van der Waals surface area contributed by atoms with Gasteiger partial charge in [-0.3, -0.25) is 24.2 Å². The first kappa shape index (κ1) is 28.1. The van der Waals surface area contributed by atoms with Crippen LogP contribution in [0.2, 0.25) is 0 Å². The highest BCUT2D eigenvalue weighted by Crippen LogP contribution is 2.05. The van der Waals surface area contributed by atoms with Crippen molar-refractivity contribution in [3.8, 4) is 0 Å². The first-order valence-electron chi connectivity index (χ1n) is 9.94. The summed E-state index contributed by atoms with van der Waals surface area (Å²) in [4.78, 5) is 51.9. The summed E-state index contributed by atoms with van der Waals surface area (Å²) >= 11 is 0. The molecule has 178 valence electrons. The minimum absolute atomic E-state index is 0.117. The molecule has 0 aliphatic rings. The van der Waals surface area contributed by atoms with Crippen LogP contribution in [-0.2, 0) is 19.2 Å². The van der Waals surface area contributed by atoms with Crippen LogP contribution in [0.3, 0.4) is 0 Å². The molecule has 4 atom stereocenters. The molecule has 0 aromatic carbocycles. The van der Waals surface area contributed by atoms with E-state index in [-0.39, 0.29) is 24.8 Å². The molecule has 0 spiro atoms. The fourth-order valence-electron chi connectivity index (χ4n) is 2.51. The average Bonchev–Trinajstić information content (AvgIpc) is 2.66. The number of guanidine groups is 1. The topological polar surface area (TPSA) is 235 Å². The number of aliphatic carboxylic acids is 1. The van der Waals surface area contributed by atoms with Crippen LogP contribution in [0.15, 0.2) is 4.99 Å². The first-order chi connectivity index (χ1) is 14.4. The molecule has 4 unspecified atom stereocenters. The summed E-state index contributed by atoms with van der Waals surface area (Å²) in [6, 6.07) is -4.53. The van der Waals surface area contributed by atoms with Gasteiger partial charge in [0.05, 0.1) is 12.6 Å². The molecule has 0 aliphatic heterocycles. The second-order valence-electron chi connectivity index (χ2n) is 7.56. The van der Waals surface area contributed by atoms with Crippen LogP contribution in [-0.4, -0.2) is 77.2 Å². The van der Waals surface area contributed by atoms with Crippen molar-refractivity contribution < 1.29 is 29.4 Å². The van der Waals surface area contributed by atoms with E-state index in [0.717, 1.165) is 0 Å². The highest BCUT2D eigenvalue weighted by Gasteiger charge is 2.29. The van der Waals surface area contributed by atoms with Crippen molar-refractivity contribution in [3.05, 3.63) is 0 Å². The van der Waals surface area contributed by atoms with E-state index in [2.05, 4.69) is 20.9 Å². The van der Waals surface area contributed by atoms with E-state index in [1.54, 1.807) is 0 Å². The third-order valence-corrected chi connectivity index (χ3v) is 4.19. The van der Waals surface area contributed by atoms with E-state index in [4.69, 9.17) is 22.3 Å². The number of hydrogen-bond acceptors (Lipinski definition) is 7. The number of carboxylic acids is 1. The molecule has 11 N–H and O–H groups in total. The Labute approximate surface area is 181 Å². The van der Waals surface area contributed by atoms with Crippen LogP contribution in [0.1, 0.15) is 40.0 Å². The average molecular weight is 446 g/mol. The zero-order chi connectivity index (χ0) is 24.1. The molecule has 0 saturated heterocycles. The monoisotopic (exact) mass is 445 g/mol. The number of amides is 3. The summed E-state index contributed by atoms with van der Waals surface area (Å²) < 4.78 is 0. The molecule has 13 nitrogen and oxygen atoms in total. The maximum Gasteiger partial charge on any atom is 0.325 e. The summed E-state index contributed by atoms with van der Waals surface area (Å²) in [5.74, 6) is -3.40. The molecule has 0 fully saturated rings. The van der Waals surface area contributed by atoms with Crippen molar-refractivity contribution in [3.63, 3.8) is 0 Å². The molecule has 3 amide bonds. The van der Waals surface area contributed by atoms with Crippen molar-refractivity contribution in [2.45, 2.75) is 64.2 Å². The van der Waals surface area contributed by atoms with Crippen LogP contribution >= 0.6 is 0 Å². The summed E-state index contributed by atoms with van der Waals surface area (Å²) in [6.45, 7) is 4.47. The van der Waals surface area contributed by atoms with E-state index < -0.39 is 54.5 Å². The lowest BCUT2D eigenvalue weighted by Gasteiger charge is -2.24. The number of carbonyl (C=O) groups excluding carboxylic acids is 3. The van der Waals surface area contributed by atoms with Crippen LogP contribution in [0.4, 0.5) is 0 Å². The SMILES string of the molecule is CC(C)CC(N)C(=O)NC(CCCN=C(N)N)C(=O)NC(CO)C(=O)NC(C)C(=O)O. The minimum atomic E-state index is -1.41. The number of nitrogens with two attached hydrogens (primary N) is 3. The Morgan fingerprint density at radius 3 is 1.97 bits per heavy atom. The Kier molecular flexibility index (Phi) is 12.8. The molecule has 0 aromatic rings. The highest BCUT2D eigenvalue weighted by molar-refractivity contribution is 5.94. The number of aliphatic hydroxyl groups is 1. The summed E-state index contributed by atoms with van der Waals surface area (Å²) in [5, 5.41) is 25.3. The lowest BCUT2D eigenvalue weighted by molar-refractivity contribution is -0.142. The predicted octanol–water partition coefficient (Wildman–Crippen LogP) is -3.04. The van der Waals surface area contributed by atoms with Gasteiger partial charge in [0.15, 0.2) is 5.96 Å². The van der Waals surface area contributed by atoms with Gasteiger partial charge in [-0.25, -0.2) is 0 Å². The Bertz CT molecular complexity index is 651. The van der Waals surface area contributed by atoms with Gasteiger partial charge in [-0.05, 0) is 32.1 Å². The maximum atomic E-state index is 12.7. The van der Waals surface area contributed by atoms with Crippen molar-refractivity contribution in [1.29, 1.82) is 0 Å². The van der Waals surface area contributed by atoms with E-state index in [0.29, 0.717) is 12.8 Å². The number of nitrogens with zero attached hydrogens (tertiary/aromatic N) is 1. The Morgan fingerprint density at radius 2 is 1.48 bits per heavy atom. The number of carboxylic acid groups (broad SMARTS) is 1. The van der Waals surface area contributed by atoms with Gasteiger partial charge in [0, 0.05) is 6.54 Å². The molecule has 13 heteroatoms. The Balaban J connectivity index is 5.22. The van der Waals surface area contributed by atoms with Gasteiger partial charge in [-0.2, -0.15) is 0 Å². The summed E-state index contributed by atoms with van der Waals surface area (Å²) in [6.07, 6.45) is 0.874. The van der Waals surface area contributed by atoms with Gasteiger partial charge in [-0.15, -0.1) is 0 Å². The Morgan fingerprint density at radius 1 is 0.935 bits per heavy atom. The van der Waals surface area contributed by atoms with Crippen LogP contribution in [0.5, 0.6) is 0 Å². The quantitative estimate of drug-likeness (QED) is 0.0769. The maximum absolute atomic E-state index is 12.7. The van der Waals surface area contributed by atoms with Crippen LogP contribution in [0, 0.1) is 5.92 Å². The molecule has 0 saturated carbocycles.